The van der Waals surface area contributed by atoms with Gasteiger partial charge in [0.05, 0.1) is 17.8 Å². The Morgan fingerprint density at radius 1 is 1.06 bits per heavy atom. The number of ether oxygens (including phenoxy) is 2. The van der Waals surface area contributed by atoms with Crippen LogP contribution in [0.4, 0.5) is 0 Å². The summed E-state index contributed by atoms with van der Waals surface area (Å²) in [5.41, 5.74) is 2.21. The smallest absolute Gasteiger partial charge is 0.328 e. The van der Waals surface area contributed by atoms with Crippen LogP contribution in [0.15, 0.2) is 54.9 Å². The third kappa shape index (κ3) is 5.33. The number of amides is 1. The number of hydrogen-bond donors (Lipinski definition) is 2. The van der Waals surface area contributed by atoms with Gasteiger partial charge >= 0.3 is 5.97 Å². The van der Waals surface area contributed by atoms with E-state index in [1.807, 2.05) is 30.3 Å². The van der Waals surface area contributed by atoms with Crippen molar-refractivity contribution in [1.82, 2.24) is 15.3 Å². The van der Waals surface area contributed by atoms with Gasteiger partial charge in [0.1, 0.15) is 12.1 Å². The molecule has 3 rings (SSSR count). The monoisotopic (exact) mass is 455 g/mol. The number of halogens is 1. The average Bonchev–Trinajstić information content (AvgIpc) is 2.79. The number of carbonyl (C=O) groups is 2. The van der Waals surface area contributed by atoms with Crippen LogP contribution in [0.5, 0.6) is 11.5 Å². The third-order valence-corrected chi connectivity index (χ3v) is 4.94. The molecule has 0 unspecified atom stereocenters. The van der Waals surface area contributed by atoms with Crippen molar-refractivity contribution in [2.75, 3.05) is 7.11 Å². The number of methoxy groups -OCH3 is 1. The molecule has 166 valence electrons. The van der Waals surface area contributed by atoms with Crippen molar-refractivity contribution in [3.05, 3.63) is 71.1 Å². The molecule has 9 heteroatoms. The molecule has 2 atom stereocenters. The molecule has 0 aliphatic heterocycles. The van der Waals surface area contributed by atoms with Gasteiger partial charge in [-0.15, -0.1) is 0 Å². The fourth-order valence-electron chi connectivity index (χ4n) is 2.91. The summed E-state index contributed by atoms with van der Waals surface area (Å²) < 4.78 is 10.4. The normalized spacial score (nSPS) is 12.5. The van der Waals surface area contributed by atoms with E-state index in [1.54, 1.807) is 19.2 Å². The number of nitrogens with zero attached hydrogens (tertiary/aromatic N) is 2. The molecule has 0 radical (unpaired) electrons. The molecule has 2 aromatic heterocycles. The first-order valence-electron chi connectivity index (χ1n) is 9.75. The first-order valence-corrected chi connectivity index (χ1v) is 10.1. The van der Waals surface area contributed by atoms with Crippen LogP contribution in [0.3, 0.4) is 0 Å². The van der Waals surface area contributed by atoms with Gasteiger partial charge in [-0.3, -0.25) is 9.78 Å². The van der Waals surface area contributed by atoms with E-state index >= 15 is 0 Å². The number of pyridine rings is 2. The number of nitrogens with one attached hydrogen (secondary N) is 1. The molecule has 0 aliphatic carbocycles. The standard InChI is InChI=1S/C23H22ClN3O5/c1-13(27-22(29)20-21(28)19(31-3)10-11-25-20)23(30)32-14(2)15-4-6-16(7-5-15)18-9-8-17(24)12-26-18/h4-14,28H,1-3H3,(H,27,29)/t13-,14-/m0/s1. The van der Waals surface area contributed by atoms with E-state index in [4.69, 9.17) is 21.1 Å². The van der Waals surface area contributed by atoms with E-state index < -0.39 is 29.8 Å². The molecular formula is C23H22ClN3O5. The quantitative estimate of drug-likeness (QED) is 0.519. The van der Waals surface area contributed by atoms with Gasteiger partial charge in [0, 0.05) is 24.0 Å². The number of aromatic nitrogens is 2. The summed E-state index contributed by atoms with van der Waals surface area (Å²) in [4.78, 5) is 33.0. The predicted octanol–water partition coefficient (Wildman–Crippen LogP) is 3.93. The maximum atomic E-state index is 12.5. The largest absolute Gasteiger partial charge is 0.503 e. The van der Waals surface area contributed by atoms with Crippen molar-refractivity contribution in [3.8, 4) is 22.8 Å². The number of rotatable bonds is 7. The van der Waals surface area contributed by atoms with Crippen LogP contribution in [-0.2, 0) is 9.53 Å². The molecule has 0 bridgehead atoms. The summed E-state index contributed by atoms with van der Waals surface area (Å²) in [6.07, 6.45) is 2.35. The van der Waals surface area contributed by atoms with E-state index in [-0.39, 0.29) is 11.4 Å². The lowest BCUT2D eigenvalue weighted by Crippen LogP contribution is -2.40. The fourth-order valence-corrected chi connectivity index (χ4v) is 3.02. The zero-order valence-electron chi connectivity index (χ0n) is 17.7. The Hall–Kier alpha value is -3.65. The van der Waals surface area contributed by atoms with Gasteiger partial charge in [0.15, 0.2) is 17.2 Å². The Kier molecular flexibility index (Phi) is 7.27. The Balaban J connectivity index is 1.61. The third-order valence-electron chi connectivity index (χ3n) is 4.72. The summed E-state index contributed by atoms with van der Waals surface area (Å²) in [6.45, 7) is 3.22. The van der Waals surface area contributed by atoms with Crippen LogP contribution >= 0.6 is 11.6 Å². The second kappa shape index (κ2) is 10.1. The second-order valence-corrected chi connectivity index (χ2v) is 7.40. The lowest BCUT2D eigenvalue weighted by molar-refractivity contribution is -0.150. The number of benzene rings is 1. The molecule has 3 aromatic rings. The molecule has 8 nitrogen and oxygen atoms in total. The van der Waals surface area contributed by atoms with Crippen LogP contribution < -0.4 is 10.1 Å². The Morgan fingerprint density at radius 3 is 2.41 bits per heavy atom. The Morgan fingerprint density at radius 2 is 1.78 bits per heavy atom. The SMILES string of the molecule is COc1ccnc(C(=O)N[C@@H](C)C(=O)O[C@@H](C)c2ccc(-c3ccc(Cl)cn3)cc2)c1O. The minimum absolute atomic E-state index is 0.103. The molecule has 1 amide bonds. The van der Waals surface area contributed by atoms with Gasteiger partial charge in [-0.1, -0.05) is 35.9 Å². The van der Waals surface area contributed by atoms with Gasteiger partial charge < -0.3 is 19.9 Å². The summed E-state index contributed by atoms with van der Waals surface area (Å²) in [5.74, 6) is -1.65. The van der Waals surface area contributed by atoms with Gasteiger partial charge in [-0.2, -0.15) is 0 Å². The first-order chi connectivity index (χ1) is 15.3. The van der Waals surface area contributed by atoms with Crippen LogP contribution in [0.25, 0.3) is 11.3 Å². The minimum Gasteiger partial charge on any atom is -0.503 e. The van der Waals surface area contributed by atoms with Crippen LogP contribution in [-0.4, -0.2) is 40.1 Å². The number of carbonyl (C=O) groups excluding carboxylic acids is 2. The minimum atomic E-state index is -0.963. The van der Waals surface area contributed by atoms with Gasteiger partial charge in [-0.05, 0) is 31.5 Å². The highest BCUT2D eigenvalue weighted by Crippen LogP contribution is 2.27. The van der Waals surface area contributed by atoms with Crippen LogP contribution in [0.2, 0.25) is 5.02 Å². The topological polar surface area (TPSA) is 111 Å². The maximum Gasteiger partial charge on any atom is 0.328 e. The Bertz CT molecular complexity index is 1100. The van der Waals surface area contributed by atoms with Crippen molar-refractivity contribution in [3.63, 3.8) is 0 Å². The van der Waals surface area contributed by atoms with Gasteiger partial charge in [0.2, 0.25) is 0 Å². The van der Waals surface area contributed by atoms with E-state index in [0.29, 0.717) is 5.02 Å². The fraction of sp³-hybridized carbons (Fsp3) is 0.217. The molecule has 0 saturated heterocycles. The van der Waals surface area contributed by atoms with E-state index in [0.717, 1.165) is 16.8 Å². The summed E-state index contributed by atoms with van der Waals surface area (Å²) in [5, 5.41) is 13.1. The van der Waals surface area contributed by atoms with Crippen LogP contribution in [0, 0.1) is 0 Å². The zero-order valence-corrected chi connectivity index (χ0v) is 18.5. The highest BCUT2D eigenvalue weighted by molar-refractivity contribution is 6.30. The van der Waals surface area contributed by atoms with Crippen LogP contribution in [0.1, 0.15) is 36.0 Å². The molecule has 2 heterocycles. The van der Waals surface area contributed by atoms with Crippen molar-refractivity contribution in [1.29, 1.82) is 0 Å². The van der Waals surface area contributed by atoms with Crippen molar-refractivity contribution < 1.29 is 24.2 Å². The van der Waals surface area contributed by atoms with Crippen molar-refractivity contribution in [2.45, 2.75) is 26.0 Å². The first kappa shape index (κ1) is 23.0. The molecular weight excluding hydrogens is 434 g/mol. The average molecular weight is 456 g/mol. The molecule has 32 heavy (non-hydrogen) atoms. The number of esters is 1. The van der Waals surface area contributed by atoms with Crippen molar-refractivity contribution in [2.24, 2.45) is 0 Å². The van der Waals surface area contributed by atoms with Crippen molar-refractivity contribution >= 4 is 23.5 Å². The van der Waals surface area contributed by atoms with E-state index in [2.05, 4.69) is 15.3 Å². The number of aromatic hydroxyl groups is 1. The molecule has 0 saturated carbocycles. The van der Waals surface area contributed by atoms with E-state index in [9.17, 15) is 14.7 Å². The molecule has 0 fully saturated rings. The highest BCUT2D eigenvalue weighted by Gasteiger charge is 2.24. The molecule has 2 N–H and O–H groups in total. The summed E-state index contributed by atoms with van der Waals surface area (Å²) in [7, 11) is 1.36. The molecule has 0 aliphatic rings. The maximum absolute atomic E-state index is 12.5. The van der Waals surface area contributed by atoms with Gasteiger partial charge in [0.25, 0.3) is 5.91 Å². The summed E-state index contributed by atoms with van der Waals surface area (Å²) >= 11 is 5.87. The summed E-state index contributed by atoms with van der Waals surface area (Å²) in [6, 6.07) is 11.5. The van der Waals surface area contributed by atoms with Gasteiger partial charge in [-0.25, -0.2) is 9.78 Å². The number of hydrogen-bond acceptors (Lipinski definition) is 7. The molecule has 1 aromatic carbocycles. The highest BCUT2D eigenvalue weighted by atomic mass is 35.5. The predicted molar refractivity (Wildman–Crippen MR) is 119 cm³/mol. The van der Waals surface area contributed by atoms with E-state index in [1.165, 1.54) is 26.3 Å². The lowest BCUT2D eigenvalue weighted by atomic mass is 10.1. The Labute approximate surface area is 190 Å². The zero-order chi connectivity index (χ0) is 23.3. The lowest BCUT2D eigenvalue weighted by Gasteiger charge is -2.18. The second-order valence-electron chi connectivity index (χ2n) is 6.97. The molecule has 0 spiro atoms.